The van der Waals surface area contributed by atoms with Crippen molar-refractivity contribution in [3.05, 3.63) is 22.4 Å². The van der Waals surface area contributed by atoms with Crippen molar-refractivity contribution in [1.29, 1.82) is 0 Å². The fraction of sp³-hybridized carbons (Fsp3) is 0.692. The third-order valence-corrected chi connectivity index (χ3v) is 4.83. The highest BCUT2D eigenvalue weighted by Gasteiger charge is 2.36. The van der Waals surface area contributed by atoms with E-state index in [-0.39, 0.29) is 5.54 Å². The van der Waals surface area contributed by atoms with Gasteiger partial charge in [-0.05, 0) is 24.3 Å². The Morgan fingerprint density at radius 3 is 2.50 bits per heavy atom. The Balaban J connectivity index is 2.26. The molecule has 0 saturated carbocycles. The molecule has 1 aliphatic rings. The van der Waals surface area contributed by atoms with E-state index in [1.54, 1.807) is 0 Å². The number of rotatable bonds is 4. The largest absolute Gasteiger partial charge is 0.379 e. The van der Waals surface area contributed by atoms with Crippen LogP contribution in [0.15, 0.2) is 17.5 Å². The van der Waals surface area contributed by atoms with Gasteiger partial charge in [-0.25, -0.2) is 0 Å². The predicted octanol–water partition coefficient (Wildman–Crippen LogP) is 3.10. The van der Waals surface area contributed by atoms with Gasteiger partial charge in [0.25, 0.3) is 0 Å². The van der Waals surface area contributed by atoms with Crippen LogP contribution in [0.3, 0.4) is 0 Å². The van der Waals surface area contributed by atoms with Crippen molar-refractivity contribution < 1.29 is 4.74 Å². The quantitative estimate of drug-likeness (QED) is 0.800. The molecule has 1 aromatic heterocycles. The van der Waals surface area contributed by atoms with E-state index in [1.165, 1.54) is 17.7 Å². The van der Waals surface area contributed by atoms with E-state index < -0.39 is 0 Å². The molecule has 0 N–H and O–H groups in total. The summed E-state index contributed by atoms with van der Waals surface area (Å²) < 4.78 is 5.46. The van der Waals surface area contributed by atoms with Crippen LogP contribution in [0.25, 0.3) is 0 Å². The monoisotopic (exact) mass is 239 g/mol. The molecule has 1 saturated heterocycles. The van der Waals surface area contributed by atoms with E-state index in [0.717, 1.165) is 26.3 Å². The standard InChI is InChI=1S/C13H21NOS/c1-3-13(4-2,12-6-5-11-16-12)14-7-9-15-10-8-14/h5-6,11H,3-4,7-10H2,1-2H3. The fourth-order valence-electron chi connectivity index (χ4n) is 2.74. The van der Waals surface area contributed by atoms with Crippen LogP contribution in [0.4, 0.5) is 0 Å². The van der Waals surface area contributed by atoms with Crippen LogP contribution in [0.1, 0.15) is 31.6 Å². The van der Waals surface area contributed by atoms with Gasteiger partial charge in [-0.2, -0.15) is 0 Å². The minimum Gasteiger partial charge on any atom is -0.379 e. The molecule has 0 unspecified atom stereocenters. The second kappa shape index (κ2) is 5.30. The summed E-state index contributed by atoms with van der Waals surface area (Å²) in [4.78, 5) is 4.13. The van der Waals surface area contributed by atoms with Crippen LogP contribution >= 0.6 is 11.3 Å². The van der Waals surface area contributed by atoms with Crippen molar-refractivity contribution in [2.24, 2.45) is 0 Å². The Morgan fingerprint density at radius 1 is 1.31 bits per heavy atom. The Labute approximate surface area is 102 Å². The summed E-state index contributed by atoms with van der Waals surface area (Å²) in [6, 6.07) is 4.45. The van der Waals surface area contributed by atoms with Crippen LogP contribution in [-0.4, -0.2) is 31.2 Å². The Bertz CT molecular complexity index is 300. The van der Waals surface area contributed by atoms with E-state index in [0.29, 0.717) is 0 Å². The highest BCUT2D eigenvalue weighted by Crippen LogP contribution is 2.38. The number of nitrogens with zero attached hydrogens (tertiary/aromatic N) is 1. The maximum Gasteiger partial charge on any atom is 0.0594 e. The maximum atomic E-state index is 5.46. The van der Waals surface area contributed by atoms with E-state index in [4.69, 9.17) is 4.74 Å². The molecule has 3 heteroatoms. The summed E-state index contributed by atoms with van der Waals surface area (Å²) in [5, 5.41) is 2.19. The molecule has 0 aliphatic carbocycles. The molecule has 1 fully saturated rings. The molecule has 2 rings (SSSR count). The predicted molar refractivity (Wildman–Crippen MR) is 69.0 cm³/mol. The first-order chi connectivity index (χ1) is 7.83. The first kappa shape index (κ1) is 12.1. The third kappa shape index (κ3) is 2.04. The third-order valence-electron chi connectivity index (χ3n) is 3.77. The zero-order chi connectivity index (χ0) is 11.4. The SMILES string of the molecule is CCC(CC)(c1cccs1)N1CCOCC1. The molecule has 0 spiro atoms. The van der Waals surface area contributed by atoms with Gasteiger partial charge in [-0.1, -0.05) is 19.9 Å². The van der Waals surface area contributed by atoms with E-state index >= 15 is 0 Å². The Kier molecular flexibility index (Phi) is 4.00. The van der Waals surface area contributed by atoms with E-state index in [9.17, 15) is 0 Å². The zero-order valence-corrected chi connectivity index (χ0v) is 11.1. The van der Waals surface area contributed by atoms with Gasteiger partial charge in [-0.15, -0.1) is 11.3 Å². The summed E-state index contributed by atoms with van der Waals surface area (Å²) in [5.74, 6) is 0. The van der Waals surface area contributed by atoms with Crippen molar-refractivity contribution >= 4 is 11.3 Å². The van der Waals surface area contributed by atoms with Gasteiger partial charge < -0.3 is 4.74 Å². The molecule has 16 heavy (non-hydrogen) atoms. The van der Waals surface area contributed by atoms with Gasteiger partial charge in [0.2, 0.25) is 0 Å². The van der Waals surface area contributed by atoms with Gasteiger partial charge in [0.15, 0.2) is 0 Å². The summed E-state index contributed by atoms with van der Waals surface area (Å²) >= 11 is 1.89. The van der Waals surface area contributed by atoms with Crippen LogP contribution in [0, 0.1) is 0 Å². The molecule has 1 aromatic rings. The topological polar surface area (TPSA) is 12.5 Å². The van der Waals surface area contributed by atoms with Gasteiger partial charge in [0, 0.05) is 18.0 Å². The molecule has 2 nitrogen and oxygen atoms in total. The molecule has 0 atom stereocenters. The second-order valence-corrected chi connectivity index (χ2v) is 5.26. The molecule has 1 aliphatic heterocycles. The van der Waals surface area contributed by atoms with Crippen LogP contribution in [0.2, 0.25) is 0 Å². The highest BCUT2D eigenvalue weighted by atomic mass is 32.1. The Hall–Kier alpha value is -0.380. The minimum atomic E-state index is 0.248. The average Bonchev–Trinajstić information content (AvgIpc) is 2.87. The number of morpholine rings is 1. The van der Waals surface area contributed by atoms with E-state index in [1.807, 2.05) is 11.3 Å². The van der Waals surface area contributed by atoms with Crippen molar-refractivity contribution in [2.75, 3.05) is 26.3 Å². The summed E-state index contributed by atoms with van der Waals surface area (Å²) in [7, 11) is 0. The van der Waals surface area contributed by atoms with Gasteiger partial charge in [0.1, 0.15) is 0 Å². The lowest BCUT2D eigenvalue weighted by molar-refractivity contribution is -0.0275. The molecule has 0 radical (unpaired) electrons. The van der Waals surface area contributed by atoms with Crippen molar-refractivity contribution in [1.82, 2.24) is 4.90 Å². The second-order valence-electron chi connectivity index (χ2n) is 4.32. The van der Waals surface area contributed by atoms with E-state index in [2.05, 4.69) is 36.3 Å². The average molecular weight is 239 g/mol. The number of thiophene rings is 1. The first-order valence-electron chi connectivity index (χ1n) is 6.20. The first-order valence-corrected chi connectivity index (χ1v) is 7.08. The van der Waals surface area contributed by atoms with Crippen LogP contribution in [0.5, 0.6) is 0 Å². The Morgan fingerprint density at radius 2 is 2.00 bits per heavy atom. The normalized spacial score (nSPS) is 18.9. The fourth-order valence-corrected chi connectivity index (χ4v) is 3.83. The zero-order valence-electron chi connectivity index (χ0n) is 10.2. The molecular formula is C13H21NOS. The lowest BCUT2D eigenvalue weighted by atomic mass is 9.88. The molecule has 0 amide bonds. The highest BCUT2D eigenvalue weighted by molar-refractivity contribution is 7.10. The van der Waals surface area contributed by atoms with Gasteiger partial charge in [0.05, 0.1) is 18.8 Å². The molecular weight excluding hydrogens is 218 g/mol. The molecule has 0 bridgehead atoms. The molecule has 2 heterocycles. The van der Waals surface area contributed by atoms with Gasteiger partial charge in [-0.3, -0.25) is 4.90 Å². The summed E-state index contributed by atoms with van der Waals surface area (Å²) in [6.45, 7) is 8.51. The number of ether oxygens (including phenoxy) is 1. The minimum absolute atomic E-state index is 0.248. The lowest BCUT2D eigenvalue weighted by Crippen LogP contribution is -2.50. The summed E-state index contributed by atoms with van der Waals surface area (Å²) in [5.41, 5.74) is 0.248. The molecule has 0 aromatic carbocycles. The van der Waals surface area contributed by atoms with Gasteiger partial charge >= 0.3 is 0 Å². The lowest BCUT2D eigenvalue weighted by Gasteiger charge is -2.44. The van der Waals surface area contributed by atoms with Crippen LogP contribution in [-0.2, 0) is 10.3 Å². The molecule has 90 valence electrons. The summed E-state index contributed by atoms with van der Waals surface area (Å²) in [6.07, 6.45) is 2.37. The maximum absolute atomic E-state index is 5.46. The van der Waals surface area contributed by atoms with Crippen molar-refractivity contribution in [3.63, 3.8) is 0 Å². The number of hydrogen-bond acceptors (Lipinski definition) is 3. The van der Waals surface area contributed by atoms with Crippen molar-refractivity contribution in [2.45, 2.75) is 32.2 Å². The van der Waals surface area contributed by atoms with Crippen LogP contribution < -0.4 is 0 Å². The smallest absolute Gasteiger partial charge is 0.0594 e. The number of hydrogen-bond donors (Lipinski definition) is 0. The van der Waals surface area contributed by atoms with Crippen molar-refractivity contribution in [3.8, 4) is 0 Å².